The molecule has 0 bridgehead atoms. The molecule has 1 aliphatic rings. The third kappa shape index (κ3) is 4.03. The van der Waals surface area contributed by atoms with E-state index in [2.05, 4.69) is 29.5 Å². The number of rotatable bonds is 6. The summed E-state index contributed by atoms with van der Waals surface area (Å²) in [5, 5.41) is 4.72. The van der Waals surface area contributed by atoms with E-state index in [-0.39, 0.29) is 0 Å². The van der Waals surface area contributed by atoms with Crippen LogP contribution in [0.5, 0.6) is 11.5 Å². The topological polar surface area (TPSA) is 68.1 Å². The number of pyridine rings is 1. The van der Waals surface area contributed by atoms with Crippen LogP contribution in [0.4, 0.5) is 5.69 Å². The Morgan fingerprint density at radius 2 is 1.73 bits per heavy atom. The summed E-state index contributed by atoms with van der Waals surface area (Å²) in [6.07, 6.45) is 3.51. The molecule has 0 saturated carbocycles. The molecule has 30 heavy (non-hydrogen) atoms. The summed E-state index contributed by atoms with van der Waals surface area (Å²) in [5.74, 6) is 2.08. The van der Waals surface area contributed by atoms with Gasteiger partial charge in [0.05, 0.1) is 18.9 Å². The summed E-state index contributed by atoms with van der Waals surface area (Å²) in [6, 6.07) is 15.9. The van der Waals surface area contributed by atoms with Crippen LogP contribution in [0.1, 0.15) is 36.1 Å². The molecule has 0 atom stereocenters. The van der Waals surface area contributed by atoms with Gasteiger partial charge in [0.15, 0.2) is 17.3 Å². The van der Waals surface area contributed by atoms with Gasteiger partial charge in [-0.15, -0.1) is 0 Å². The number of nitrogens with zero attached hydrogens (tertiary/aromatic N) is 3. The van der Waals surface area contributed by atoms with E-state index in [1.165, 1.54) is 0 Å². The normalized spacial score (nSPS) is 12.8. The minimum Gasteiger partial charge on any atom is -0.490 e. The summed E-state index contributed by atoms with van der Waals surface area (Å²) >= 11 is 0. The first-order chi connectivity index (χ1) is 14.7. The zero-order chi connectivity index (χ0) is 20.9. The molecule has 0 spiro atoms. The van der Waals surface area contributed by atoms with Crippen molar-refractivity contribution in [2.24, 2.45) is 10.1 Å². The van der Waals surface area contributed by atoms with Crippen LogP contribution in [0.25, 0.3) is 0 Å². The second-order valence-electron chi connectivity index (χ2n) is 6.82. The van der Waals surface area contributed by atoms with Crippen LogP contribution in [0.15, 0.2) is 71.0 Å². The molecule has 0 aliphatic carbocycles. The van der Waals surface area contributed by atoms with Crippen LogP contribution < -0.4 is 14.9 Å². The van der Waals surface area contributed by atoms with Gasteiger partial charge in [0, 0.05) is 29.1 Å². The molecule has 0 fully saturated rings. The molecule has 0 amide bonds. The first-order valence-electron chi connectivity index (χ1n) is 10.0. The number of hydrazone groups is 1. The Bertz CT molecular complexity index is 1110. The number of ether oxygens (including phenoxy) is 2. The number of fused-ring (bicyclic) bond motifs is 1. The lowest BCUT2D eigenvalue weighted by molar-refractivity contribution is 0.287. The largest absolute Gasteiger partial charge is 0.490 e. The summed E-state index contributed by atoms with van der Waals surface area (Å²) in [7, 11) is 0. The predicted octanol–water partition coefficient (Wildman–Crippen LogP) is 4.62. The predicted molar refractivity (Wildman–Crippen MR) is 119 cm³/mol. The third-order valence-electron chi connectivity index (χ3n) is 4.66. The van der Waals surface area contributed by atoms with Crippen molar-refractivity contribution in [1.82, 2.24) is 10.4 Å². The minimum atomic E-state index is 0.554. The van der Waals surface area contributed by atoms with Crippen LogP contribution in [0.3, 0.4) is 0 Å². The van der Waals surface area contributed by atoms with Gasteiger partial charge in [-0.3, -0.25) is 10.4 Å². The van der Waals surface area contributed by atoms with Gasteiger partial charge in [-0.05, 0) is 63.2 Å². The van der Waals surface area contributed by atoms with E-state index in [1.807, 2.05) is 50.2 Å². The van der Waals surface area contributed by atoms with E-state index in [4.69, 9.17) is 19.6 Å². The number of hydrogen-bond donors (Lipinski definition) is 1. The Labute approximate surface area is 176 Å². The first-order valence-corrected chi connectivity index (χ1v) is 10.0. The number of amidine groups is 1. The van der Waals surface area contributed by atoms with E-state index < -0.39 is 0 Å². The Hall–Kier alpha value is -3.67. The molecule has 0 saturated heterocycles. The standard InChI is InChI=1S/C24H24N4O2/c1-4-29-21-11-9-17(14-22(21)30-5-2)23-19-13-16(3)8-10-20(19)26-24(28-27-23)18-7-6-12-25-15-18/h6-15H,4-5H2,1-3H3,(H,26,28). The van der Waals surface area contributed by atoms with Crippen molar-refractivity contribution in [3.63, 3.8) is 0 Å². The molecule has 1 aromatic heterocycles. The molecular weight excluding hydrogens is 376 g/mol. The maximum absolute atomic E-state index is 5.82. The lowest BCUT2D eigenvalue weighted by atomic mass is 9.98. The highest BCUT2D eigenvalue weighted by atomic mass is 16.5. The zero-order valence-corrected chi connectivity index (χ0v) is 17.3. The quantitative estimate of drug-likeness (QED) is 0.655. The fourth-order valence-corrected chi connectivity index (χ4v) is 3.30. The van der Waals surface area contributed by atoms with Crippen molar-refractivity contribution in [2.45, 2.75) is 20.8 Å². The number of aromatic nitrogens is 1. The molecule has 4 rings (SSSR count). The van der Waals surface area contributed by atoms with Crippen LogP contribution >= 0.6 is 0 Å². The summed E-state index contributed by atoms with van der Waals surface area (Å²) in [4.78, 5) is 9.02. The fourth-order valence-electron chi connectivity index (χ4n) is 3.30. The molecule has 2 heterocycles. The molecule has 0 radical (unpaired) electrons. The Morgan fingerprint density at radius 3 is 2.50 bits per heavy atom. The highest BCUT2D eigenvalue weighted by Crippen LogP contribution is 2.32. The third-order valence-corrected chi connectivity index (χ3v) is 4.66. The molecule has 0 unspecified atom stereocenters. The maximum Gasteiger partial charge on any atom is 0.161 e. The first kappa shape index (κ1) is 19.6. The smallest absolute Gasteiger partial charge is 0.161 e. The number of aliphatic imine (C=N–C) groups is 1. The molecular formula is C24H24N4O2. The van der Waals surface area contributed by atoms with Gasteiger partial charge in [0.2, 0.25) is 0 Å². The average molecular weight is 400 g/mol. The van der Waals surface area contributed by atoms with Crippen molar-refractivity contribution >= 4 is 17.2 Å². The van der Waals surface area contributed by atoms with Gasteiger partial charge < -0.3 is 9.47 Å². The fraction of sp³-hybridized carbons (Fsp3) is 0.208. The summed E-state index contributed by atoms with van der Waals surface area (Å²) in [5.41, 5.74) is 8.64. The van der Waals surface area contributed by atoms with E-state index in [1.54, 1.807) is 12.4 Å². The van der Waals surface area contributed by atoms with Gasteiger partial charge >= 0.3 is 0 Å². The second kappa shape index (κ2) is 8.78. The SMILES string of the molecule is CCOc1ccc(C2=NNC(c3cccnc3)=Nc3ccc(C)cc32)cc1OCC. The highest BCUT2D eigenvalue weighted by molar-refractivity contribution is 6.18. The van der Waals surface area contributed by atoms with Gasteiger partial charge in [-0.1, -0.05) is 11.6 Å². The van der Waals surface area contributed by atoms with Crippen molar-refractivity contribution in [3.05, 3.63) is 83.2 Å². The zero-order valence-electron chi connectivity index (χ0n) is 17.3. The van der Waals surface area contributed by atoms with Crippen LogP contribution in [-0.2, 0) is 0 Å². The number of benzene rings is 2. The van der Waals surface area contributed by atoms with Crippen LogP contribution in [0, 0.1) is 6.92 Å². The van der Waals surface area contributed by atoms with Crippen LogP contribution in [0.2, 0.25) is 0 Å². The van der Waals surface area contributed by atoms with Crippen molar-refractivity contribution in [3.8, 4) is 11.5 Å². The molecule has 152 valence electrons. The number of aryl methyl sites for hydroxylation is 1. The lowest BCUT2D eigenvalue weighted by Crippen LogP contribution is -2.19. The Balaban J connectivity index is 1.82. The molecule has 6 heteroatoms. The number of nitrogens with one attached hydrogen (secondary N) is 1. The van der Waals surface area contributed by atoms with E-state index in [9.17, 15) is 0 Å². The Morgan fingerprint density at radius 1 is 0.900 bits per heavy atom. The average Bonchev–Trinajstić information content (AvgIpc) is 2.95. The van der Waals surface area contributed by atoms with E-state index >= 15 is 0 Å². The number of hydrogen-bond acceptors (Lipinski definition) is 6. The van der Waals surface area contributed by atoms with E-state index in [0.29, 0.717) is 24.8 Å². The highest BCUT2D eigenvalue weighted by Gasteiger charge is 2.19. The van der Waals surface area contributed by atoms with Gasteiger partial charge in [-0.25, -0.2) is 4.99 Å². The molecule has 1 aliphatic heterocycles. The van der Waals surface area contributed by atoms with Gasteiger partial charge in [-0.2, -0.15) is 5.10 Å². The molecule has 2 aromatic carbocycles. The monoisotopic (exact) mass is 400 g/mol. The van der Waals surface area contributed by atoms with Crippen molar-refractivity contribution in [2.75, 3.05) is 13.2 Å². The van der Waals surface area contributed by atoms with Gasteiger partial charge in [0.1, 0.15) is 5.71 Å². The summed E-state index contributed by atoms with van der Waals surface area (Å²) < 4.78 is 11.5. The van der Waals surface area contributed by atoms with E-state index in [0.717, 1.165) is 39.4 Å². The lowest BCUT2D eigenvalue weighted by Gasteiger charge is -2.14. The summed E-state index contributed by atoms with van der Waals surface area (Å²) in [6.45, 7) is 7.11. The van der Waals surface area contributed by atoms with Gasteiger partial charge in [0.25, 0.3) is 0 Å². The second-order valence-corrected chi connectivity index (χ2v) is 6.82. The van der Waals surface area contributed by atoms with Crippen LogP contribution in [-0.4, -0.2) is 29.7 Å². The van der Waals surface area contributed by atoms with Crippen molar-refractivity contribution < 1.29 is 9.47 Å². The Kier molecular flexibility index (Phi) is 5.75. The minimum absolute atomic E-state index is 0.554. The molecule has 6 nitrogen and oxygen atoms in total. The van der Waals surface area contributed by atoms with Crippen molar-refractivity contribution in [1.29, 1.82) is 0 Å². The molecule has 3 aromatic rings. The maximum atomic E-state index is 5.82. The molecule has 1 N–H and O–H groups in total.